The van der Waals surface area contributed by atoms with Crippen LogP contribution in [0.4, 0.5) is 11.4 Å². The topological polar surface area (TPSA) is 81.8 Å². The molecule has 1 N–H and O–H groups in total. The molecule has 7 nitrogen and oxygen atoms in total. The lowest BCUT2D eigenvalue weighted by Gasteiger charge is -2.12. The Hall–Kier alpha value is -3.57. The highest BCUT2D eigenvalue weighted by molar-refractivity contribution is 7.93. The number of ether oxygens (including phenoxy) is 1. The molecule has 0 saturated heterocycles. The number of hydrogen-bond donors (Lipinski definition) is 1. The maximum atomic E-state index is 12.7. The molecule has 0 spiro atoms. The lowest BCUT2D eigenvalue weighted by molar-refractivity contribution is 0.0516. The highest BCUT2D eigenvalue weighted by Crippen LogP contribution is 2.40. The van der Waals surface area contributed by atoms with E-state index < -0.39 is 21.2 Å². The molecule has 1 heterocycles. The van der Waals surface area contributed by atoms with E-state index in [1.807, 2.05) is 43.3 Å². The van der Waals surface area contributed by atoms with Gasteiger partial charge in [-0.25, -0.2) is 18.1 Å². The highest BCUT2D eigenvalue weighted by Gasteiger charge is 2.26. The SMILES string of the molecule is [C-]#[N+]c1c(-c2ccc(-c3ccc(NS(=O)(=O)C(C)C)cc3)cc2)c(C(=O)OCC)n(C)c1CC. The molecular weight excluding hydrogens is 450 g/mol. The van der Waals surface area contributed by atoms with Gasteiger partial charge in [-0.15, -0.1) is 0 Å². The first-order valence-electron chi connectivity index (χ1n) is 11.1. The van der Waals surface area contributed by atoms with Gasteiger partial charge in [-0.3, -0.25) is 4.72 Å². The third-order valence-corrected chi connectivity index (χ3v) is 7.44. The number of esters is 1. The van der Waals surface area contributed by atoms with E-state index >= 15 is 0 Å². The molecule has 0 bridgehead atoms. The van der Waals surface area contributed by atoms with Gasteiger partial charge in [-0.2, -0.15) is 0 Å². The van der Waals surface area contributed by atoms with E-state index in [0.29, 0.717) is 29.1 Å². The largest absolute Gasteiger partial charge is 0.461 e. The average molecular weight is 480 g/mol. The number of rotatable bonds is 8. The van der Waals surface area contributed by atoms with E-state index in [9.17, 15) is 13.2 Å². The second-order valence-corrected chi connectivity index (χ2v) is 10.4. The molecule has 0 unspecified atom stereocenters. The van der Waals surface area contributed by atoms with Crippen LogP contribution in [0.25, 0.3) is 27.1 Å². The molecule has 0 fully saturated rings. The Morgan fingerprint density at radius 3 is 2.03 bits per heavy atom. The molecule has 0 saturated carbocycles. The monoisotopic (exact) mass is 479 g/mol. The minimum Gasteiger partial charge on any atom is -0.461 e. The smallest absolute Gasteiger partial charge is 0.354 e. The third-order valence-electron chi connectivity index (χ3n) is 5.68. The first kappa shape index (κ1) is 25.1. The Bertz CT molecular complexity index is 1330. The van der Waals surface area contributed by atoms with E-state index in [1.165, 1.54) is 0 Å². The van der Waals surface area contributed by atoms with Crippen LogP contribution < -0.4 is 4.72 Å². The summed E-state index contributed by atoms with van der Waals surface area (Å²) in [6.07, 6.45) is 0.617. The first-order valence-corrected chi connectivity index (χ1v) is 12.7. The van der Waals surface area contributed by atoms with E-state index in [2.05, 4.69) is 9.57 Å². The van der Waals surface area contributed by atoms with Crippen molar-refractivity contribution in [2.75, 3.05) is 11.3 Å². The molecular formula is C26H29N3O4S. The summed E-state index contributed by atoms with van der Waals surface area (Å²) in [5, 5.41) is -0.522. The van der Waals surface area contributed by atoms with Crippen LogP contribution in [0, 0.1) is 6.57 Å². The summed E-state index contributed by atoms with van der Waals surface area (Å²) < 4.78 is 33.8. The van der Waals surface area contributed by atoms with Gasteiger partial charge in [0.1, 0.15) is 5.69 Å². The number of carbonyl (C=O) groups is 1. The second-order valence-electron chi connectivity index (χ2n) is 8.11. The molecule has 0 amide bonds. The second kappa shape index (κ2) is 10.1. The zero-order valence-corrected chi connectivity index (χ0v) is 20.9. The molecule has 0 aliphatic heterocycles. The molecule has 3 aromatic rings. The molecule has 34 heavy (non-hydrogen) atoms. The van der Waals surface area contributed by atoms with Crippen molar-refractivity contribution in [3.05, 3.63) is 71.3 Å². The summed E-state index contributed by atoms with van der Waals surface area (Å²) >= 11 is 0. The molecule has 0 radical (unpaired) electrons. The number of nitrogens with one attached hydrogen (secondary N) is 1. The molecule has 2 aromatic carbocycles. The lowest BCUT2D eigenvalue weighted by Crippen LogP contribution is -2.22. The van der Waals surface area contributed by atoms with Crippen LogP contribution in [0.5, 0.6) is 0 Å². The van der Waals surface area contributed by atoms with Crippen molar-refractivity contribution in [1.29, 1.82) is 0 Å². The number of nitrogens with zero attached hydrogens (tertiary/aromatic N) is 2. The highest BCUT2D eigenvalue weighted by atomic mass is 32.2. The molecule has 0 atom stereocenters. The Morgan fingerprint density at radius 1 is 1.03 bits per heavy atom. The first-order chi connectivity index (χ1) is 16.1. The average Bonchev–Trinajstić information content (AvgIpc) is 3.10. The number of anilines is 1. The van der Waals surface area contributed by atoms with E-state index in [1.54, 1.807) is 44.5 Å². The van der Waals surface area contributed by atoms with Gasteiger partial charge in [0.2, 0.25) is 15.7 Å². The molecule has 178 valence electrons. The van der Waals surface area contributed by atoms with E-state index in [0.717, 1.165) is 22.4 Å². The fourth-order valence-electron chi connectivity index (χ4n) is 3.80. The minimum atomic E-state index is -3.40. The summed E-state index contributed by atoms with van der Waals surface area (Å²) in [6.45, 7) is 14.9. The Balaban J connectivity index is 1.98. The van der Waals surface area contributed by atoms with Crippen molar-refractivity contribution in [2.24, 2.45) is 7.05 Å². The lowest BCUT2D eigenvalue weighted by atomic mass is 9.99. The van der Waals surface area contributed by atoms with Gasteiger partial charge >= 0.3 is 5.97 Å². The van der Waals surface area contributed by atoms with Gasteiger partial charge in [0.05, 0.1) is 18.4 Å². The van der Waals surface area contributed by atoms with E-state index in [-0.39, 0.29) is 6.61 Å². The quantitative estimate of drug-likeness (QED) is 0.327. The number of hydrogen-bond acceptors (Lipinski definition) is 4. The van der Waals surface area contributed by atoms with Crippen LogP contribution >= 0.6 is 0 Å². The predicted octanol–water partition coefficient (Wildman–Crippen LogP) is 5.80. The number of sulfonamides is 1. The fraction of sp³-hybridized carbons (Fsp3) is 0.308. The van der Waals surface area contributed by atoms with Crippen LogP contribution in [0.1, 0.15) is 43.9 Å². The van der Waals surface area contributed by atoms with Crippen molar-refractivity contribution in [3.63, 3.8) is 0 Å². The maximum absolute atomic E-state index is 12.7. The molecule has 1 aromatic heterocycles. The Labute approximate surface area is 201 Å². The summed E-state index contributed by atoms with van der Waals surface area (Å²) in [7, 11) is -1.62. The predicted molar refractivity (Wildman–Crippen MR) is 136 cm³/mol. The number of carbonyl (C=O) groups excluding carboxylic acids is 1. The van der Waals surface area contributed by atoms with Gasteiger partial charge in [-0.05, 0) is 56.0 Å². The zero-order valence-electron chi connectivity index (χ0n) is 20.0. The number of benzene rings is 2. The summed E-state index contributed by atoms with van der Waals surface area (Å²) in [5.41, 5.74) is 5.31. The maximum Gasteiger partial charge on any atom is 0.354 e. The van der Waals surface area contributed by atoms with Crippen LogP contribution in [-0.4, -0.2) is 30.8 Å². The van der Waals surface area contributed by atoms with Crippen LogP contribution in [0.3, 0.4) is 0 Å². The van der Waals surface area contributed by atoms with E-state index in [4.69, 9.17) is 11.3 Å². The van der Waals surface area contributed by atoms with Crippen molar-refractivity contribution >= 4 is 27.4 Å². The normalized spacial score (nSPS) is 11.3. The van der Waals surface area contributed by atoms with Gasteiger partial charge in [-0.1, -0.05) is 43.3 Å². The summed E-state index contributed by atoms with van der Waals surface area (Å²) in [5.74, 6) is -0.451. The van der Waals surface area contributed by atoms with Crippen molar-refractivity contribution < 1.29 is 17.9 Å². The van der Waals surface area contributed by atoms with Gasteiger partial charge in [0.15, 0.2) is 0 Å². The third kappa shape index (κ3) is 4.85. The minimum absolute atomic E-state index is 0.251. The number of aromatic nitrogens is 1. The summed E-state index contributed by atoms with van der Waals surface area (Å²) in [6, 6.07) is 14.8. The Kier molecular flexibility index (Phi) is 7.48. The molecule has 0 aliphatic carbocycles. The summed E-state index contributed by atoms with van der Waals surface area (Å²) in [4.78, 5) is 16.5. The van der Waals surface area contributed by atoms with Crippen LogP contribution in [0.15, 0.2) is 48.5 Å². The molecule has 3 rings (SSSR count). The van der Waals surface area contributed by atoms with Gasteiger partial charge < -0.3 is 9.30 Å². The zero-order chi connectivity index (χ0) is 25.0. The molecule has 0 aliphatic rings. The van der Waals surface area contributed by atoms with Crippen LogP contribution in [0.2, 0.25) is 0 Å². The standard InChI is InChI=1S/C26H29N3O4S/c1-7-22-24(27-5)23(25(29(22)6)26(30)33-8-2)20-11-9-18(10-12-20)19-13-15-21(16-14-19)28-34(31,32)17(3)4/h9-17,28H,7-8H2,1-4,6H3. The van der Waals surface area contributed by atoms with Crippen molar-refractivity contribution in [1.82, 2.24) is 4.57 Å². The van der Waals surface area contributed by atoms with Crippen LogP contribution in [-0.2, 0) is 28.2 Å². The Morgan fingerprint density at radius 2 is 1.56 bits per heavy atom. The van der Waals surface area contributed by atoms with Crippen molar-refractivity contribution in [3.8, 4) is 22.3 Å². The fourth-order valence-corrected chi connectivity index (χ4v) is 4.50. The van der Waals surface area contributed by atoms with Gasteiger partial charge in [0.25, 0.3) is 0 Å². The molecule has 8 heteroatoms. The van der Waals surface area contributed by atoms with Crippen molar-refractivity contribution in [2.45, 2.75) is 39.4 Å². The van der Waals surface area contributed by atoms with Gasteiger partial charge in [0, 0.05) is 24.0 Å².